The third-order valence-electron chi connectivity index (χ3n) is 6.38. The molecule has 0 bridgehead atoms. The molecule has 2 aliphatic rings. The zero-order valence-corrected chi connectivity index (χ0v) is 18.4. The van der Waals surface area contributed by atoms with Crippen LogP contribution >= 0.6 is 0 Å². The summed E-state index contributed by atoms with van der Waals surface area (Å²) in [5, 5.41) is 0. The monoisotopic (exact) mass is 452 g/mol. The van der Waals surface area contributed by atoms with Crippen LogP contribution in [0, 0.1) is 13.8 Å². The minimum Gasteiger partial charge on any atom is -0.481 e. The molecule has 0 unspecified atom stereocenters. The number of ketones is 1. The summed E-state index contributed by atoms with van der Waals surface area (Å²) in [6.07, 6.45) is -0.613. The number of fused-ring (bicyclic) bond motifs is 1. The summed E-state index contributed by atoms with van der Waals surface area (Å²) < 4.78 is 41.2. The lowest BCUT2D eigenvalue weighted by Gasteiger charge is -2.17. The number of ether oxygens (including phenoxy) is 3. The number of aromatic nitrogens is 2. The molecule has 5 rings (SSSR count). The predicted molar refractivity (Wildman–Crippen MR) is 116 cm³/mol. The molecule has 1 aromatic carbocycles. The molecule has 3 heterocycles. The van der Waals surface area contributed by atoms with Crippen LogP contribution in [0.15, 0.2) is 42.6 Å². The number of carbonyl (C=O) groups is 1. The number of nitrogens with zero attached hydrogens (tertiary/aromatic N) is 2. The van der Waals surface area contributed by atoms with Gasteiger partial charge in [-0.05, 0) is 73.7 Å². The number of carbonyl (C=O) groups excluding carboxylic acids is 1. The van der Waals surface area contributed by atoms with Gasteiger partial charge in [0.15, 0.2) is 11.5 Å². The van der Waals surface area contributed by atoms with Crippen LogP contribution in [-0.2, 0) is 16.6 Å². The Bertz CT molecular complexity index is 1270. The number of aryl methyl sites for hydroxylation is 1. The highest BCUT2D eigenvalue weighted by molar-refractivity contribution is 5.94. The molecule has 1 saturated carbocycles. The van der Waals surface area contributed by atoms with Crippen molar-refractivity contribution in [3.8, 4) is 28.6 Å². The molecule has 1 fully saturated rings. The van der Waals surface area contributed by atoms with Crippen LogP contribution < -0.4 is 14.2 Å². The second kappa shape index (κ2) is 7.50. The Balaban J connectivity index is 1.45. The van der Waals surface area contributed by atoms with Crippen molar-refractivity contribution >= 4 is 5.78 Å². The Morgan fingerprint density at radius 3 is 2.61 bits per heavy atom. The van der Waals surface area contributed by atoms with E-state index < -0.39 is 11.7 Å². The smallest absolute Gasteiger partial charge is 0.481 e. The standard InChI is InChI=1S/C25H22F2N2O4/c1-14-11-17(29-22(15(14)2)18-5-4-10-28-23(18)31-3)13-21(30)24(8-9-24)16-6-7-19-20(12-16)33-25(26,27)32-19/h4-7,10-12H,8-9,13H2,1-3H3. The fraction of sp³-hybridized carbons (Fsp3) is 0.320. The third-order valence-corrected chi connectivity index (χ3v) is 6.38. The van der Waals surface area contributed by atoms with Crippen molar-refractivity contribution in [1.29, 1.82) is 0 Å². The van der Waals surface area contributed by atoms with Gasteiger partial charge in [0, 0.05) is 18.3 Å². The molecule has 0 atom stereocenters. The van der Waals surface area contributed by atoms with Gasteiger partial charge in [0.1, 0.15) is 5.78 Å². The summed E-state index contributed by atoms with van der Waals surface area (Å²) in [5.41, 5.74) is 4.04. The maximum Gasteiger partial charge on any atom is 0.586 e. The minimum absolute atomic E-state index is 0.00650. The summed E-state index contributed by atoms with van der Waals surface area (Å²) in [6.45, 7) is 3.95. The zero-order valence-electron chi connectivity index (χ0n) is 18.4. The van der Waals surface area contributed by atoms with Gasteiger partial charge in [0.05, 0.1) is 23.8 Å². The summed E-state index contributed by atoms with van der Waals surface area (Å²) in [4.78, 5) is 22.4. The predicted octanol–water partition coefficient (Wildman–Crippen LogP) is 4.93. The number of rotatable bonds is 6. The zero-order chi connectivity index (χ0) is 23.4. The van der Waals surface area contributed by atoms with Gasteiger partial charge in [0.2, 0.25) is 5.88 Å². The molecular weight excluding hydrogens is 430 g/mol. The lowest BCUT2D eigenvalue weighted by molar-refractivity contribution is -0.286. The molecule has 6 nitrogen and oxygen atoms in total. The summed E-state index contributed by atoms with van der Waals surface area (Å²) in [6, 6.07) is 10.2. The number of pyridine rings is 2. The molecule has 2 aromatic heterocycles. The fourth-order valence-electron chi connectivity index (χ4n) is 4.33. The maximum absolute atomic E-state index is 13.4. The summed E-state index contributed by atoms with van der Waals surface area (Å²) >= 11 is 0. The summed E-state index contributed by atoms with van der Waals surface area (Å²) in [5.74, 6) is 0.379. The van der Waals surface area contributed by atoms with Crippen LogP contribution in [0.2, 0.25) is 0 Å². The molecule has 1 aliphatic heterocycles. The van der Waals surface area contributed by atoms with Gasteiger partial charge in [-0.3, -0.25) is 9.78 Å². The first-order valence-electron chi connectivity index (χ1n) is 10.6. The second-order valence-corrected chi connectivity index (χ2v) is 8.48. The van der Waals surface area contributed by atoms with Crippen molar-refractivity contribution in [2.24, 2.45) is 0 Å². The van der Waals surface area contributed by atoms with Gasteiger partial charge in [-0.25, -0.2) is 4.98 Å². The molecule has 33 heavy (non-hydrogen) atoms. The molecule has 0 N–H and O–H groups in total. The average Bonchev–Trinajstić information content (AvgIpc) is 3.53. The van der Waals surface area contributed by atoms with Crippen molar-refractivity contribution in [1.82, 2.24) is 9.97 Å². The van der Waals surface area contributed by atoms with E-state index in [1.54, 1.807) is 19.4 Å². The molecule has 0 saturated heterocycles. The van der Waals surface area contributed by atoms with E-state index in [1.807, 2.05) is 32.0 Å². The first-order chi connectivity index (χ1) is 15.7. The number of hydrogen-bond donors (Lipinski definition) is 0. The van der Waals surface area contributed by atoms with Crippen molar-refractivity contribution in [3.05, 3.63) is 65.0 Å². The van der Waals surface area contributed by atoms with E-state index in [4.69, 9.17) is 9.72 Å². The second-order valence-electron chi connectivity index (χ2n) is 8.48. The topological polar surface area (TPSA) is 70.5 Å². The van der Waals surface area contributed by atoms with E-state index in [-0.39, 0.29) is 23.7 Å². The highest BCUT2D eigenvalue weighted by Gasteiger charge is 2.52. The lowest BCUT2D eigenvalue weighted by Crippen LogP contribution is -2.26. The largest absolute Gasteiger partial charge is 0.586 e. The van der Waals surface area contributed by atoms with E-state index in [0.717, 1.165) is 22.4 Å². The van der Waals surface area contributed by atoms with Crippen LogP contribution in [-0.4, -0.2) is 29.2 Å². The van der Waals surface area contributed by atoms with Crippen LogP contribution in [0.1, 0.15) is 35.2 Å². The molecular formula is C25H22F2N2O4. The number of alkyl halides is 2. The van der Waals surface area contributed by atoms with Gasteiger partial charge in [-0.15, -0.1) is 8.78 Å². The van der Waals surface area contributed by atoms with Crippen LogP contribution in [0.5, 0.6) is 17.4 Å². The summed E-state index contributed by atoms with van der Waals surface area (Å²) in [7, 11) is 1.56. The number of halogens is 2. The molecule has 1 aliphatic carbocycles. The fourth-order valence-corrected chi connectivity index (χ4v) is 4.33. The highest BCUT2D eigenvalue weighted by atomic mass is 19.3. The molecule has 8 heteroatoms. The first-order valence-corrected chi connectivity index (χ1v) is 10.6. The van der Waals surface area contributed by atoms with E-state index in [0.29, 0.717) is 30.0 Å². The lowest BCUT2D eigenvalue weighted by atomic mass is 9.88. The van der Waals surface area contributed by atoms with Crippen molar-refractivity contribution in [3.63, 3.8) is 0 Å². The van der Waals surface area contributed by atoms with Crippen molar-refractivity contribution < 1.29 is 27.8 Å². The SMILES string of the molecule is COc1ncccc1-c1nc(CC(=O)C2(c3ccc4c(c3)OC(F)(F)O4)CC2)cc(C)c1C. The van der Waals surface area contributed by atoms with Crippen LogP contribution in [0.4, 0.5) is 8.78 Å². The Labute approximate surface area is 189 Å². The Kier molecular flexibility index (Phi) is 4.84. The number of methoxy groups -OCH3 is 1. The number of hydrogen-bond acceptors (Lipinski definition) is 6. The Hall–Kier alpha value is -3.55. The highest BCUT2D eigenvalue weighted by Crippen LogP contribution is 2.52. The molecule has 0 spiro atoms. The maximum atomic E-state index is 13.4. The third kappa shape index (κ3) is 3.69. The molecule has 170 valence electrons. The van der Waals surface area contributed by atoms with Gasteiger partial charge < -0.3 is 14.2 Å². The Morgan fingerprint density at radius 2 is 1.88 bits per heavy atom. The molecule has 0 radical (unpaired) electrons. The van der Waals surface area contributed by atoms with E-state index >= 15 is 0 Å². The Morgan fingerprint density at radius 1 is 1.12 bits per heavy atom. The number of benzene rings is 1. The van der Waals surface area contributed by atoms with Gasteiger partial charge in [-0.1, -0.05) is 6.07 Å². The van der Waals surface area contributed by atoms with Crippen molar-refractivity contribution in [2.75, 3.05) is 7.11 Å². The van der Waals surface area contributed by atoms with Gasteiger partial charge in [-0.2, -0.15) is 0 Å². The molecule has 0 amide bonds. The van der Waals surface area contributed by atoms with Crippen molar-refractivity contribution in [2.45, 2.75) is 44.8 Å². The van der Waals surface area contributed by atoms with E-state index in [1.165, 1.54) is 12.1 Å². The normalized spacial score (nSPS) is 17.0. The van der Waals surface area contributed by atoms with Crippen LogP contribution in [0.3, 0.4) is 0 Å². The van der Waals surface area contributed by atoms with E-state index in [9.17, 15) is 13.6 Å². The minimum atomic E-state index is -3.69. The van der Waals surface area contributed by atoms with Gasteiger partial charge >= 0.3 is 6.29 Å². The van der Waals surface area contributed by atoms with Gasteiger partial charge in [0.25, 0.3) is 0 Å². The average molecular weight is 452 g/mol. The molecule has 3 aromatic rings. The number of Topliss-reactive ketones (excluding diaryl/α,β-unsaturated/α-hetero) is 1. The van der Waals surface area contributed by atoms with Crippen LogP contribution in [0.25, 0.3) is 11.3 Å². The first kappa shape index (κ1) is 21.3. The van der Waals surface area contributed by atoms with E-state index in [2.05, 4.69) is 14.5 Å². The quantitative estimate of drug-likeness (QED) is 0.528.